The molecule has 1 atom stereocenters. The number of carbonyl (C=O) groups excluding carboxylic acids is 1. The molecule has 1 saturated heterocycles. The molecule has 7 heteroatoms. The van der Waals surface area contributed by atoms with Crippen molar-refractivity contribution in [2.45, 2.75) is 30.2 Å². The Kier molecular flexibility index (Phi) is 4.95. The van der Waals surface area contributed by atoms with E-state index in [0.29, 0.717) is 38.4 Å². The summed E-state index contributed by atoms with van der Waals surface area (Å²) in [5.41, 5.74) is 0. The Labute approximate surface area is 138 Å². The van der Waals surface area contributed by atoms with Crippen molar-refractivity contribution in [1.29, 1.82) is 0 Å². The van der Waals surface area contributed by atoms with Gasteiger partial charge in [0.05, 0.1) is 0 Å². The quantitative estimate of drug-likeness (QED) is 0.829. The Balaban J connectivity index is 1.51. The van der Waals surface area contributed by atoms with Gasteiger partial charge in [-0.3, -0.25) is 4.79 Å². The van der Waals surface area contributed by atoms with E-state index in [1.54, 1.807) is 11.8 Å². The summed E-state index contributed by atoms with van der Waals surface area (Å²) in [6, 6.07) is 5.08. The summed E-state index contributed by atoms with van der Waals surface area (Å²) in [6.45, 7) is 1.66. The van der Waals surface area contributed by atoms with Crippen LogP contribution >= 0.6 is 11.8 Å². The first kappa shape index (κ1) is 16.0. The molecule has 0 unspecified atom stereocenters. The van der Waals surface area contributed by atoms with Gasteiger partial charge in [0.1, 0.15) is 19.3 Å². The van der Waals surface area contributed by atoms with E-state index >= 15 is 0 Å². The molecule has 23 heavy (non-hydrogen) atoms. The van der Waals surface area contributed by atoms with Crippen molar-refractivity contribution in [2.75, 3.05) is 25.5 Å². The second kappa shape index (κ2) is 7.12. The third kappa shape index (κ3) is 3.72. The number of likely N-dealkylation sites (tertiary alicyclic amines) is 1. The zero-order chi connectivity index (χ0) is 16.2. The number of ether oxygens (including phenoxy) is 2. The number of benzene rings is 1. The molecule has 1 aromatic carbocycles. The highest BCUT2D eigenvalue weighted by molar-refractivity contribution is 7.99. The summed E-state index contributed by atoms with van der Waals surface area (Å²) in [5, 5.41) is 9.12. The van der Waals surface area contributed by atoms with E-state index in [2.05, 4.69) is 0 Å². The molecule has 0 saturated carbocycles. The van der Waals surface area contributed by atoms with Crippen LogP contribution in [-0.4, -0.2) is 53.4 Å². The molecule has 0 aliphatic carbocycles. The van der Waals surface area contributed by atoms with E-state index in [9.17, 15) is 9.59 Å². The van der Waals surface area contributed by atoms with Crippen molar-refractivity contribution < 1.29 is 24.2 Å². The summed E-state index contributed by atoms with van der Waals surface area (Å²) in [7, 11) is 0. The maximum Gasteiger partial charge on any atom is 0.326 e. The first-order valence-corrected chi connectivity index (χ1v) is 8.68. The first-order valence-electron chi connectivity index (χ1n) is 7.70. The number of aliphatic carboxylic acids is 1. The molecule has 0 bridgehead atoms. The SMILES string of the molecule is O=C(O)[C@H]1CCCN1C(=O)CCSc1ccc2c(c1)OCCO2. The van der Waals surface area contributed by atoms with Crippen LogP contribution in [0.2, 0.25) is 0 Å². The predicted molar refractivity (Wildman–Crippen MR) is 85.1 cm³/mol. The number of amides is 1. The van der Waals surface area contributed by atoms with Crippen LogP contribution in [-0.2, 0) is 9.59 Å². The van der Waals surface area contributed by atoms with Crippen molar-refractivity contribution in [3.8, 4) is 11.5 Å². The van der Waals surface area contributed by atoms with E-state index in [1.165, 1.54) is 4.90 Å². The lowest BCUT2D eigenvalue weighted by Crippen LogP contribution is -2.40. The second-order valence-corrected chi connectivity index (χ2v) is 6.66. The lowest BCUT2D eigenvalue weighted by molar-refractivity contribution is -0.148. The lowest BCUT2D eigenvalue weighted by Gasteiger charge is -2.21. The minimum Gasteiger partial charge on any atom is -0.486 e. The second-order valence-electron chi connectivity index (χ2n) is 5.49. The van der Waals surface area contributed by atoms with Crippen molar-refractivity contribution >= 4 is 23.6 Å². The molecule has 0 radical (unpaired) electrons. The molecule has 2 aliphatic heterocycles. The highest BCUT2D eigenvalue weighted by Gasteiger charge is 2.33. The van der Waals surface area contributed by atoms with Crippen LogP contribution in [0.1, 0.15) is 19.3 Å². The van der Waals surface area contributed by atoms with Gasteiger partial charge in [0.25, 0.3) is 0 Å². The third-order valence-corrected chi connectivity index (χ3v) is 4.95. The molecule has 1 aromatic rings. The van der Waals surface area contributed by atoms with Crippen molar-refractivity contribution in [3.05, 3.63) is 18.2 Å². The number of hydrogen-bond acceptors (Lipinski definition) is 5. The van der Waals surface area contributed by atoms with Crippen LogP contribution in [0.15, 0.2) is 23.1 Å². The van der Waals surface area contributed by atoms with Crippen molar-refractivity contribution in [1.82, 2.24) is 4.90 Å². The molecule has 1 N–H and O–H groups in total. The van der Waals surface area contributed by atoms with Gasteiger partial charge in [0, 0.05) is 23.6 Å². The molecule has 124 valence electrons. The Morgan fingerprint density at radius 1 is 1.26 bits per heavy atom. The minimum atomic E-state index is -0.907. The number of hydrogen-bond donors (Lipinski definition) is 1. The van der Waals surface area contributed by atoms with Crippen LogP contribution in [0.4, 0.5) is 0 Å². The van der Waals surface area contributed by atoms with Gasteiger partial charge >= 0.3 is 5.97 Å². The fourth-order valence-corrected chi connectivity index (χ4v) is 3.70. The minimum absolute atomic E-state index is 0.0834. The monoisotopic (exact) mass is 337 g/mol. The largest absolute Gasteiger partial charge is 0.486 e. The molecule has 0 aromatic heterocycles. The van der Waals surface area contributed by atoms with E-state index < -0.39 is 12.0 Å². The van der Waals surface area contributed by atoms with E-state index in [0.717, 1.165) is 22.8 Å². The van der Waals surface area contributed by atoms with Gasteiger partial charge < -0.3 is 19.5 Å². The van der Waals surface area contributed by atoms with Gasteiger partial charge in [-0.05, 0) is 31.0 Å². The standard InChI is InChI=1S/C16H19NO5S/c18-15(17-6-1-2-12(17)16(19)20)5-9-23-11-3-4-13-14(10-11)22-8-7-21-13/h3-4,10,12H,1-2,5-9H2,(H,19,20)/t12-/m1/s1. The van der Waals surface area contributed by atoms with Crippen LogP contribution < -0.4 is 9.47 Å². The normalized spacial score (nSPS) is 19.7. The lowest BCUT2D eigenvalue weighted by atomic mass is 10.2. The number of carboxylic acid groups (broad SMARTS) is 1. The Morgan fingerprint density at radius 3 is 2.83 bits per heavy atom. The Hall–Kier alpha value is -1.89. The molecular formula is C16H19NO5S. The molecule has 2 heterocycles. The van der Waals surface area contributed by atoms with Crippen LogP contribution in [0.3, 0.4) is 0 Å². The number of carbonyl (C=O) groups is 2. The van der Waals surface area contributed by atoms with Gasteiger partial charge in [0.2, 0.25) is 5.91 Å². The summed E-state index contributed by atoms with van der Waals surface area (Å²) in [4.78, 5) is 25.8. The van der Waals surface area contributed by atoms with E-state index in [4.69, 9.17) is 14.6 Å². The molecule has 2 aliphatic rings. The Bertz CT molecular complexity index is 606. The van der Waals surface area contributed by atoms with Gasteiger partial charge in [-0.2, -0.15) is 0 Å². The highest BCUT2D eigenvalue weighted by atomic mass is 32.2. The van der Waals surface area contributed by atoms with Crippen LogP contribution in [0, 0.1) is 0 Å². The highest BCUT2D eigenvalue weighted by Crippen LogP contribution is 2.34. The van der Waals surface area contributed by atoms with Gasteiger partial charge in [0.15, 0.2) is 11.5 Å². The number of rotatable bonds is 5. The number of fused-ring (bicyclic) bond motifs is 1. The zero-order valence-electron chi connectivity index (χ0n) is 12.7. The molecule has 1 amide bonds. The fraction of sp³-hybridized carbons (Fsp3) is 0.500. The average Bonchev–Trinajstić information content (AvgIpc) is 3.04. The van der Waals surface area contributed by atoms with Gasteiger partial charge in [-0.25, -0.2) is 4.79 Å². The number of carboxylic acids is 1. The smallest absolute Gasteiger partial charge is 0.326 e. The summed E-state index contributed by atoms with van der Waals surface area (Å²) in [6.07, 6.45) is 1.65. The van der Waals surface area contributed by atoms with Crippen LogP contribution in [0.5, 0.6) is 11.5 Å². The fourth-order valence-electron chi connectivity index (χ4n) is 2.84. The van der Waals surface area contributed by atoms with Gasteiger partial charge in [-0.15, -0.1) is 11.8 Å². The maximum atomic E-state index is 12.2. The number of nitrogens with zero attached hydrogens (tertiary/aromatic N) is 1. The average molecular weight is 337 g/mol. The summed E-state index contributed by atoms with van der Waals surface area (Å²) < 4.78 is 11.0. The van der Waals surface area contributed by atoms with Crippen LogP contribution in [0.25, 0.3) is 0 Å². The Morgan fingerprint density at radius 2 is 2.04 bits per heavy atom. The van der Waals surface area contributed by atoms with E-state index in [1.807, 2.05) is 18.2 Å². The number of thioether (sulfide) groups is 1. The molecule has 1 fully saturated rings. The molecular weight excluding hydrogens is 318 g/mol. The predicted octanol–water partition coefficient (Wildman–Crippen LogP) is 2.02. The third-order valence-electron chi connectivity index (χ3n) is 3.96. The van der Waals surface area contributed by atoms with Crippen molar-refractivity contribution in [3.63, 3.8) is 0 Å². The topological polar surface area (TPSA) is 76.1 Å². The van der Waals surface area contributed by atoms with E-state index in [-0.39, 0.29) is 5.91 Å². The van der Waals surface area contributed by atoms with Crippen molar-refractivity contribution in [2.24, 2.45) is 0 Å². The molecule has 3 rings (SSSR count). The summed E-state index contributed by atoms with van der Waals surface area (Å²) >= 11 is 1.56. The molecule has 0 spiro atoms. The first-order chi connectivity index (χ1) is 11.1. The zero-order valence-corrected chi connectivity index (χ0v) is 13.5. The molecule has 6 nitrogen and oxygen atoms in total. The summed E-state index contributed by atoms with van der Waals surface area (Å²) in [5.74, 6) is 1.10. The van der Waals surface area contributed by atoms with Gasteiger partial charge in [-0.1, -0.05) is 0 Å². The maximum absolute atomic E-state index is 12.2.